The summed E-state index contributed by atoms with van der Waals surface area (Å²) in [6.07, 6.45) is 4.99. The maximum atomic E-state index is 12.3. The first-order valence-electron chi connectivity index (χ1n) is 10.4. The van der Waals surface area contributed by atoms with E-state index in [9.17, 15) is 14.4 Å². The van der Waals surface area contributed by atoms with E-state index in [2.05, 4.69) is 19.9 Å². The van der Waals surface area contributed by atoms with E-state index in [0.29, 0.717) is 13.2 Å². The van der Waals surface area contributed by atoms with Gasteiger partial charge in [-0.1, -0.05) is 80.6 Å². The lowest BCUT2D eigenvalue weighted by molar-refractivity contribution is -0.134. The minimum absolute atomic E-state index is 0.0474. The third-order valence-corrected chi connectivity index (χ3v) is 5.45. The Morgan fingerprint density at radius 3 is 2.12 bits per heavy atom. The number of carbonyl (C=O) groups is 3. The first-order chi connectivity index (χ1) is 15.2. The van der Waals surface area contributed by atoms with Gasteiger partial charge in [0.15, 0.2) is 0 Å². The Hall–Kier alpha value is -3.51. The molecule has 6 heteroatoms. The Kier molecular flexibility index (Phi) is 7.05. The number of hydrogen-bond acceptors (Lipinski definition) is 4. The van der Waals surface area contributed by atoms with Crippen LogP contribution in [0.1, 0.15) is 30.5 Å². The van der Waals surface area contributed by atoms with E-state index < -0.39 is 17.8 Å². The summed E-state index contributed by atoms with van der Waals surface area (Å²) in [6.45, 7) is 5.31. The van der Waals surface area contributed by atoms with Gasteiger partial charge in [0, 0.05) is 19.5 Å². The molecule has 0 N–H and O–H groups in total. The summed E-state index contributed by atoms with van der Waals surface area (Å²) in [6, 6.07) is 17.4. The van der Waals surface area contributed by atoms with Crippen molar-refractivity contribution < 1.29 is 19.1 Å². The SMILES string of the molecule is CN1C(=O)C(=C/C=C/c2ccccc2C(C)(C)COCc2ccccc2)C(=O)N(C)C1=O. The third kappa shape index (κ3) is 5.03. The average molecular weight is 433 g/mol. The van der Waals surface area contributed by atoms with Gasteiger partial charge in [-0.05, 0) is 22.8 Å². The molecule has 6 nitrogen and oxygen atoms in total. The Labute approximate surface area is 188 Å². The molecule has 1 fully saturated rings. The molecule has 1 aliphatic heterocycles. The number of urea groups is 1. The summed E-state index contributed by atoms with van der Waals surface area (Å²) >= 11 is 0. The number of barbiturate groups is 1. The zero-order valence-corrected chi connectivity index (χ0v) is 18.9. The Balaban J connectivity index is 1.76. The number of amides is 4. The second kappa shape index (κ2) is 9.75. The minimum Gasteiger partial charge on any atom is -0.376 e. The lowest BCUT2D eigenvalue weighted by atomic mass is 9.82. The second-order valence-corrected chi connectivity index (χ2v) is 8.40. The molecule has 1 heterocycles. The predicted molar refractivity (Wildman–Crippen MR) is 124 cm³/mol. The Morgan fingerprint density at radius 1 is 0.875 bits per heavy atom. The number of rotatable bonds is 7. The quantitative estimate of drug-likeness (QED) is 0.487. The molecule has 0 unspecified atom stereocenters. The van der Waals surface area contributed by atoms with E-state index in [1.165, 1.54) is 20.2 Å². The van der Waals surface area contributed by atoms with Crippen LogP contribution in [0, 0.1) is 0 Å². The smallest absolute Gasteiger partial charge is 0.333 e. The highest BCUT2D eigenvalue weighted by atomic mass is 16.5. The molecular weight excluding hydrogens is 404 g/mol. The standard InChI is InChI=1S/C26H28N2O4/c1-26(2,18-32-17-19-11-6-5-7-12-19)22-16-9-8-13-20(22)14-10-15-21-23(29)27(3)25(31)28(4)24(21)30/h5-16H,17-18H2,1-4H3/b14-10+. The maximum absolute atomic E-state index is 12.3. The van der Waals surface area contributed by atoms with Crippen LogP contribution in [-0.2, 0) is 26.3 Å². The molecule has 1 saturated heterocycles. The number of allylic oxidation sites excluding steroid dienone is 2. The van der Waals surface area contributed by atoms with Crippen molar-refractivity contribution in [1.29, 1.82) is 0 Å². The van der Waals surface area contributed by atoms with Crippen LogP contribution in [0.25, 0.3) is 6.08 Å². The number of likely N-dealkylation sites (N-methyl/N-ethyl adjacent to an activating group) is 2. The van der Waals surface area contributed by atoms with Crippen LogP contribution < -0.4 is 0 Å². The van der Waals surface area contributed by atoms with Gasteiger partial charge in [-0.2, -0.15) is 0 Å². The van der Waals surface area contributed by atoms with Crippen LogP contribution in [-0.4, -0.2) is 48.3 Å². The fourth-order valence-corrected chi connectivity index (χ4v) is 3.58. The summed E-state index contributed by atoms with van der Waals surface area (Å²) in [5, 5.41) is 0. The normalized spacial score (nSPS) is 15.1. The molecule has 1 aliphatic rings. The first-order valence-corrected chi connectivity index (χ1v) is 10.4. The number of benzene rings is 2. The molecule has 32 heavy (non-hydrogen) atoms. The van der Waals surface area contributed by atoms with Crippen molar-refractivity contribution in [3.05, 3.63) is 89.0 Å². The average Bonchev–Trinajstić information content (AvgIpc) is 2.79. The summed E-state index contributed by atoms with van der Waals surface area (Å²) in [4.78, 5) is 38.4. The van der Waals surface area contributed by atoms with Crippen LogP contribution in [0.3, 0.4) is 0 Å². The molecule has 4 amide bonds. The van der Waals surface area contributed by atoms with Crippen molar-refractivity contribution in [2.45, 2.75) is 25.9 Å². The number of carbonyl (C=O) groups excluding carboxylic acids is 3. The topological polar surface area (TPSA) is 66.9 Å². The van der Waals surface area contributed by atoms with Crippen molar-refractivity contribution in [3.63, 3.8) is 0 Å². The number of ether oxygens (including phenoxy) is 1. The summed E-state index contributed by atoms with van der Waals surface area (Å²) in [7, 11) is 2.72. The van der Waals surface area contributed by atoms with Crippen LogP contribution in [0.2, 0.25) is 0 Å². The van der Waals surface area contributed by atoms with E-state index >= 15 is 0 Å². The molecule has 0 atom stereocenters. The molecule has 166 valence electrons. The molecule has 2 aromatic carbocycles. The summed E-state index contributed by atoms with van der Waals surface area (Å²) < 4.78 is 5.99. The molecule has 0 bridgehead atoms. The van der Waals surface area contributed by atoms with Crippen LogP contribution in [0.15, 0.2) is 72.3 Å². The predicted octanol–water partition coefficient (Wildman–Crippen LogP) is 4.17. The second-order valence-electron chi connectivity index (χ2n) is 8.40. The van der Waals surface area contributed by atoms with E-state index in [1.807, 2.05) is 54.6 Å². The van der Waals surface area contributed by atoms with Gasteiger partial charge < -0.3 is 4.74 Å². The molecule has 2 aromatic rings. The molecule has 0 aliphatic carbocycles. The zero-order chi connectivity index (χ0) is 23.3. The van der Waals surface area contributed by atoms with E-state index in [4.69, 9.17) is 4.74 Å². The van der Waals surface area contributed by atoms with Gasteiger partial charge in [-0.3, -0.25) is 19.4 Å². The van der Waals surface area contributed by atoms with Crippen LogP contribution in [0.4, 0.5) is 4.79 Å². The molecule has 0 saturated carbocycles. The summed E-state index contributed by atoms with van der Waals surface area (Å²) in [5.41, 5.74) is 2.87. The van der Waals surface area contributed by atoms with Gasteiger partial charge in [-0.15, -0.1) is 0 Å². The van der Waals surface area contributed by atoms with Gasteiger partial charge >= 0.3 is 6.03 Å². The first kappa shape index (κ1) is 23.2. The van der Waals surface area contributed by atoms with Crippen LogP contribution >= 0.6 is 0 Å². The molecule has 0 aromatic heterocycles. The minimum atomic E-state index is -0.635. The highest BCUT2D eigenvalue weighted by Crippen LogP contribution is 2.28. The number of nitrogens with zero attached hydrogens (tertiary/aromatic N) is 2. The van der Waals surface area contributed by atoms with E-state index in [1.54, 1.807) is 6.08 Å². The van der Waals surface area contributed by atoms with Crippen molar-refractivity contribution in [2.75, 3.05) is 20.7 Å². The Bertz CT molecular complexity index is 1040. The van der Waals surface area contributed by atoms with Gasteiger partial charge in [-0.25, -0.2) is 4.79 Å². The van der Waals surface area contributed by atoms with E-state index in [-0.39, 0.29) is 11.0 Å². The van der Waals surface area contributed by atoms with Crippen LogP contribution in [0.5, 0.6) is 0 Å². The highest BCUT2D eigenvalue weighted by Gasteiger charge is 2.37. The van der Waals surface area contributed by atoms with E-state index in [0.717, 1.165) is 26.5 Å². The third-order valence-electron chi connectivity index (χ3n) is 5.45. The van der Waals surface area contributed by atoms with Crippen molar-refractivity contribution in [1.82, 2.24) is 9.80 Å². The largest absolute Gasteiger partial charge is 0.376 e. The fourth-order valence-electron chi connectivity index (χ4n) is 3.58. The highest BCUT2D eigenvalue weighted by molar-refractivity contribution is 6.28. The van der Waals surface area contributed by atoms with Crippen molar-refractivity contribution >= 4 is 23.9 Å². The number of hydrogen-bond donors (Lipinski definition) is 0. The number of imide groups is 2. The lowest BCUT2D eigenvalue weighted by Gasteiger charge is -2.28. The summed E-state index contributed by atoms with van der Waals surface area (Å²) in [5.74, 6) is -1.21. The molecule has 0 radical (unpaired) electrons. The molecule has 3 rings (SSSR count). The Morgan fingerprint density at radius 2 is 1.47 bits per heavy atom. The van der Waals surface area contributed by atoms with Gasteiger partial charge in [0.2, 0.25) is 0 Å². The monoisotopic (exact) mass is 432 g/mol. The zero-order valence-electron chi connectivity index (χ0n) is 18.9. The molecule has 0 spiro atoms. The van der Waals surface area contributed by atoms with Gasteiger partial charge in [0.25, 0.3) is 11.8 Å². The maximum Gasteiger partial charge on any atom is 0.333 e. The van der Waals surface area contributed by atoms with Crippen molar-refractivity contribution in [2.24, 2.45) is 0 Å². The van der Waals surface area contributed by atoms with Gasteiger partial charge in [0.05, 0.1) is 13.2 Å². The fraction of sp³-hybridized carbons (Fsp3) is 0.269. The van der Waals surface area contributed by atoms with Crippen molar-refractivity contribution in [3.8, 4) is 0 Å². The lowest BCUT2D eigenvalue weighted by Crippen LogP contribution is -2.52. The van der Waals surface area contributed by atoms with Gasteiger partial charge in [0.1, 0.15) is 5.57 Å². The molecular formula is C26H28N2O4.